The van der Waals surface area contributed by atoms with Gasteiger partial charge >= 0.3 is 0 Å². The van der Waals surface area contributed by atoms with Crippen molar-refractivity contribution in [3.63, 3.8) is 0 Å². The van der Waals surface area contributed by atoms with E-state index in [0.717, 1.165) is 50.1 Å². The Hall–Kier alpha value is -1.32. The Bertz CT molecular complexity index is 519. The summed E-state index contributed by atoms with van der Waals surface area (Å²) in [4.78, 5) is 0. The van der Waals surface area contributed by atoms with Crippen LogP contribution in [0.3, 0.4) is 0 Å². The van der Waals surface area contributed by atoms with Crippen LogP contribution in [0, 0.1) is 0 Å². The van der Waals surface area contributed by atoms with E-state index in [9.17, 15) is 0 Å². The molecule has 1 aromatic carbocycles. The van der Waals surface area contributed by atoms with E-state index in [1.807, 2.05) is 12.1 Å². The molecule has 110 valence electrons. The molecular weight excluding hydrogens is 250 g/mol. The molecule has 0 atom stereocenters. The molecule has 3 heteroatoms. The largest absolute Gasteiger partial charge is 0.461 e. The molecule has 1 aromatic heterocycles. The highest BCUT2D eigenvalue weighted by Crippen LogP contribution is 2.26. The molecular formula is C17H25NO2. The van der Waals surface area contributed by atoms with E-state index < -0.39 is 0 Å². The van der Waals surface area contributed by atoms with Crippen LogP contribution >= 0.6 is 0 Å². The first-order chi connectivity index (χ1) is 9.86. The quantitative estimate of drug-likeness (QED) is 0.687. The van der Waals surface area contributed by atoms with Gasteiger partial charge in [0.05, 0.1) is 0 Å². The Balaban J connectivity index is 1.86. The molecule has 0 aliphatic carbocycles. The van der Waals surface area contributed by atoms with Gasteiger partial charge in [0.15, 0.2) is 0 Å². The second kappa shape index (κ2) is 8.08. The molecule has 2 aromatic rings. The molecule has 0 saturated carbocycles. The highest BCUT2D eigenvalue weighted by Gasteiger charge is 2.11. The van der Waals surface area contributed by atoms with E-state index in [-0.39, 0.29) is 0 Å². The Morgan fingerprint density at radius 2 is 1.90 bits per heavy atom. The first-order valence-corrected chi connectivity index (χ1v) is 7.67. The van der Waals surface area contributed by atoms with Crippen LogP contribution in [0.4, 0.5) is 0 Å². The maximum Gasteiger partial charge on any atom is 0.134 e. The number of aliphatic hydroxyl groups excluding tert-OH is 1. The number of para-hydroxylation sites is 1. The minimum atomic E-state index is 0.314. The number of hydrogen-bond donors (Lipinski definition) is 2. The molecule has 0 saturated heterocycles. The van der Waals surface area contributed by atoms with Crippen LogP contribution in [-0.2, 0) is 13.0 Å². The van der Waals surface area contributed by atoms with Crippen molar-refractivity contribution in [1.82, 2.24) is 5.32 Å². The first kappa shape index (κ1) is 15.1. The van der Waals surface area contributed by atoms with Gasteiger partial charge in [0.25, 0.3) is 0 Å². The van der Waals surface area contributed by atoms with Gasteiger partial charge in [-0.1, -0.05) is 38.0 Å². The van der Waals surface area contributed by atoms with E-state index in [0.29, 0.717) is 6.61 Å². The molecule has 0 fully saturated rings. The topological polar surface area (TPSA) is 45.4 Å². The average molecular weight is 275 g/mol. The van der Waals surface area contributed by atoms with E-state index in [2.05, 4.69) is 24.4 Å². The van der Waals surface area contributed by atoms with Crippen molar-refractivity contribution in [3.8, 4) is 0 Å². The molecule has 2 rings (SSSR count). The third-order valence-corrected chi connectivity index (χ3v) is 3.67. The number of unbranched alkanes of at least 4 members (excludes halogenated alkanes) is 3. The number of nitrogens with one attached hydrogen (secondary N) is 1. The summed E-state index contributed by atoms with van der Waals surface area (Å²) < 4.78 is 5.89. The third-order valence-electron chi connectivity index (χ3n) is 3.67. The third kappa shape index (κ3) is 3.84. The lowest BCUT2D eigenvalue weighted by Gasteiger charge is -2.05. The summed E-state index contributed by atoms with van der Waals surface area (Å²) in [6, 6.07) is 8.25. The summed E-state index contributed by atoms with van der Waals surface area (Å²) in [5.41, 5.74) is 2.29. The zero-order chi connectivity index (χ0) is 14.2. The molecule has 0 radical (unpaired) electrons. The highest BCUT2D eigenvalue weighted by atomic mass is 16.3. The van der Waals surface area contributed by atoms with Gasteiger partial charge in [0.1, 0.15) is 11.3 Å². The SMILES string of the molecule is CCc1oc2ccccc2c1CNCCCCCCO. The zero-order valence-corrected chi connectivity index (χ0v) is 12.3. The Kier molecular flexibility index (Phi) is 6.09. The predicted molar refractivity (Wildman–Crippen MR) is 82.9 cm³/mol. The highest BCUT2D eigenvalue weighted by molar-refractivity contribution is 5.82. The summed E-state index contributed by atoms with van der Waals surface area (Å²) in [7, 11) is 0. The van der Waals surface area contributed by atoms with Crippen molar-refractivity contribution in [1.29, 1.82) is 0 Å². The van der Waals surface area contributed by atoms with Gasteiger partial charge in [0.2, 0.25) is 0 Å². The molecule has 0 aliphatic rings. The lowest BCUT2D eigenvalue weighted by molar-refractivity contribution is 0.282. The first-order valence-electron chi connectivity index (χ1n) is 7.67. The van der Waals surface area contributed by atoms with Gasteiger partial charge in [-0.25, -0.2) is 0 Å². The van der Waals surface area contributed by atoms with Gasteiger partial charge in [-0.05, 0) is 25.5 Å². The van der Waals surface area contributed by atoms with E-state index in [1.54, 1.807) is 0 Å². The maximum absolute atomic E-state index is 8.73. The fourth-order valence-electron chi connectivity index (χ4n) is 2.56. The van der Waals surface area contributed by atoms with Crippen LogP contribution in [-0.4, -0.2) is 18.3 Å². The van der Waals surface area contributed by atoms with Crippen molar-refractivity contribution in [2.24, 2.45) is 0 Å². The Morgan fingerprint density at radius 1 is 1.10 bits per heavy atom. The van der Waals surface area contributed by atoms with Gasteiger partial charge in [0, 0.05) is 30.5 Å². The number of furan rings is 1. The maximum atomic E-state index is 8.73. The average Bonchev–Trinajstić information content (AvgIpc) is 2.84. The fraction of sp³-hybridized carbons (Fsp3) is 0.529. The molecule has 0 spiro atoms. The summed E-state index contributed by atoms with van der Waals surface area (Å²) in [6.07, 6.45) is 5.32. The number of fused-ring (bicyclic) bond motifs is 1. The monoisotopic (exact) mass is 275 g/mol. The lowest BCUT2D eigenvalue weighted by atomic mass is 10.1. The van der Waals surface area contributed by atoms with Crippen molar-refractivity contribution < 1.29 is 9.52 Å². The van der Waals surface area contributed by atoms with Crippen LogP contribution in [0.5, 0.6) is 0 Å². The molecule has 1 heterocycles. The second-order valence-electron chi connectivity index (χ2n) is 5.17. The molecule has 0 bridgehead atoms. The standard InChI is InChI=1S/C17H25NO2/c1-2-16-15(13-18-11-7-3-4-8-12-19)14-9-5-6-10-17(14)20-16/h5-6,9-10,18-19H,2-4,7-8,11-13H2,1H3. The minimum absolute atomic E-state index is 0.314. The summed E-state index contributed by atoms with van der Waals surface area (Å²) in [5, 5.41) is 13.5. The zero-order valence-electron chi connectivity index (χ0n) is 12.3. The summed E-state index contributed by atoms with van der Waals surface area (Å²) in [5.74, 6) is 1.10. The summed E-state index contributed by atoms with van der Waals surface area (Å²) in [6.45, 7) is 4.35. The van der Waals surface area contributed by atoms with Crippen LogP contribution in [0.2, 0.25) is 0 Å². The Morgan fingerprint density at radius 3 is 2.70 bits per heavy atom. The van der Waals surface area contributed by atoms with E-state index >= 15 is 0 Å². The van der Waals surface area contributed by atoms with Gasteiger partial charge in [-0.2, -0.15) is 0 Å². The Labute approximate surface area is 121 Å². The van der Waals surface area contributed by atoms with E-state index in [1.165, 1.54) is 17.4 Å². The minimum Gasteiger partial charge on any atom is -0.461 e. The molecule has 0 amide bonds. The molecule has 3 nitrogen and oxygen atoms in total. The van der Waals surface area contributed by atoms with Crippen molar-refractivity contribution in [2.45, 2.75) is 45.6 Å². The number of hydrogen-bond acceptors (Lipinski definition) is 3. The van der Waals surface area contributed by atoms with Gasteiger partial charge < -0.3 is 14.8 Å². The van der Waals surface area contributed by atoms with Gasteiger partial charge in [-0.3, -0.25) is 0 Å². The molecule has 20 heavy (non-hydrogen) atoms. The fourth-order valence-corrected chi connectivity index (χ4v) is 2.56. The number of benzene rings is 1. The van der Waals surface area contributed by atoms with Crippen LogP contribution < -0.4 is 5.32 Å². The lowest BCUT2D eigenvalue weighted by Crippen LogP contribution is -2.15. The van der Waals surface area contributed by atoms with E-state index in [4.69, 9.17) is 9.52 Å². The van der Waals surface area contributed by atoms with Crippen LogP contribution in [0.25, 0.3) is 11.0 Å². The second-order valence-corrected chi connectivity index (χ2v) is 5.17. The molecule has 2 N–H and O–H groups in total. The van der Waals surface area contributed by atoms with Crippen LogP contribution in [0.15, 0.2) is 28.7 Å². The molecule has 0 unspecified atom stereocenters. The van der Waals surface area contributed by atoms with Crippen molar-refractivity contribution >= 4 is 11.0 Å². The smallest absolute Gasteiger partial charge is 0.134 e. The normalized spacial score (nSPS) is 11.3. The van der Waals surface area contributed by atoms with Crippen molar-refractivity contribution in [2.75, 3.05) is 13.2 Å². The number of aryl methyl sites for hydroxylation is 1. The predicted octanol–water partition coefficient (Wildman–Crippen LogP) is 3.64. The number of aliphatic hydroxyl groups is 1. The van der Waals surface area contributed by atoms with Crippen LogP contribution in [0.1, 0.15) is 43.9 Å². The molecule has 0 aliphatic heterocycles. The number of rotatable bonds is 9. The van der Waals surface area contributed by atoms with Crippen molar-refractivity contribution in [3.05, 3.63) is 35.6 Å². The summed E-state index contributed by atoms with van der Waals surface area (Å²) >= 11 is 0. The van der Waals surface area contributed by atoms with Gasteiger partial charge in [-0.15, -0.1) is 0 Å².